The zero-order valence-corrected chi connectivity index (χ0v) is 17.0. The molecule has 1 radical (unpaired) electrons. The Labute approximate surface area is 159 Å². The summed E-state index contributed by atoms with van der Waals surface area (Å²) < 4.78 is 0. The van der Waals surface area contributed by atoms with Gasteiger partial charge in [-0.1, -0.05) is 50.9 Å². The summed E-state index contributed by atoms with van der Waals surface area (Å²) in [4.78, 5) is 8.79. The van der Waals surface area contributed by atoms with Crippen molar-refractivity contribution in [3.05, 3.63) is 34.6 Å². The molecule has 0 bridgehead atoms. The van der Waals surface area contributed by atoms with Gasteiger partial charge in [0, 0.05) is 23.3 Å². The van der Waals surface area contributed by atoms with Crippen molar-refractivity contribution in [1.29, 1.82) is 0 Å². The van der Waals surface area contributed by atoms with Gasteiger partial charge in [-0.05, 0) is 28.4 Å². The van der Waals surface area contributed by atoms with Crippen molar-refractivity contribution in [2.45, 2.75) is 38.8 Å². The molecule has 1 N–H and O–H groups in total. The summed E-state index contributed by atoms with van der Waals surface area (Å²) >= 11 is 12.8. The van der Waals surface area contributed by atoms with E-state index in [1.807, 2.05) is 0 Å². The number of aromatic nitrogens is 2. The van der Waals surface area contributed by atoms with Crippen LogP contribution in [0.1, 0.15) is 27.7 Å². The van der Waals surface area contributed by atoms with Gasteiger partial charge >= 0.3 is 0 Å². The summed E-state index contributed by atoms with van der Waals surface area (Å²) in [7, 11) is -1.41. The van der Waals surface area contributed by atoms with E-state index in [1.54, 1.807) is 18.3 Å². The molecule has 7 heteroatoms. The summed E-state index contributed by atoms with van der Waals surface area (Å²) in [6.45, 7) is 8.90. The third-order valence-corrected chi connectivity index (χ3v) is 8.84. The van der Waals surface area contributed by atoms with Crippen LogP contribution in [0, 0.1) is 0 Å². The van der Waals surface area contributed by atoms with Crippen molar-refractivity contribution in [1.82, 2.24) is 9.97 Å². The van der Waals surface area contributed by atoms with Gasteiger partial charge in [0.2, 0.25) is 0 Å². The number of rotatable bonds is 4. The molecule has 2 aromatic heterocycles. The fraction of sp³-hybridized carbons (Fsp3) is 0.375. The zero-order chi connectivity index (χ0) is 16.4. The number of nitrogens with zero attached hydrogens (tertiary/aromatic N) is 2. The van der Waals surface area contributed by atoms with E-state index in [4.69, 9.17) is 23.2 Å². The molecule has 129 valence electrons. The van der Waals surface area contributed by atoms with Crippen LogP contribution < -0.4 is 5.19 Å². The molecule has 0 saturated carbocycles. The van der Waals surface area contributed by atoms with Gasteiger partial charge in [0.15, 0.2) is 0 Å². The van der Waals surface area contributed by atoms with Crippen LogP contribution in [0.25, 0.3) is 11.4 Å². The third-order valence-electron chi connectivity index (χ3n) is 3.77. The normalized spacial score (nSPS) is 11.2. The summed E-state index contributed by atoms with van der Waals surface area (Å²) in [6.07, 6.45) is 2.99. The standard InChI is InChI=1S/C16H20Cl2N2OSi.Cu/c1-9(2)22(10(3)4)16-14(18)12(17)8-20-15(16)13-6-5-11(21)7-19-13;/h5-10,21-22H,1-4H3;. The molecule has 23 heavy (non-hydrogen) atoms. The van der Waals surface area contributed by atoms with Crippen LogP contribution in [0.5, 0.6) is 5.75 Å². The summed E-state index contributed by atoms with van der Waals surface area (Å²) in [5.74, 6) is 0.131. The van der Waals surface area contributed by atoms with Gasteiger partial charge in [-0.25, -0.2) is 0 Å². The second kappa shape index (κ2) is 8.50. The van der Waals surface area contributed by atoms with E-state index in [-0.39, 0.29) is 22.8 Å². The van der Waals surface area contributed by atoms with Crippen LogP contribution in [-0.2, 0) is 17.1 Å². The van der Waals surface area contributed by atoms with Gasteiger partial charge in [-0.15, -0.1) is 0 Å². The molecule has 0 unspecified atom stereocenters. The molecule has 3 nitrogen and oxygen atoms in total. The minimum Gasteiger partial charge on any atom is -0.506 e. The van der Waals surface area contributed by atoms with Gasteiger partial charge in [-0.2, -0.15) is 0 Å². The molecule has 2 heterocycles. The average Bonchev–Trinajstić information content (AvgIpc) is 2.44. The summed E-state index contributed by atoms with van der Waals surface area (Å²) in [5.41, 5.74) is 2.54. The van der Waals surface area contributed by atoms with Gasteiger partial charge < -0.3 is 5.11 Å². The molecule has 0 saturated heterocycles. The Hall–Kier alpha value is -0.584. The fourth-order valence-electron chi connectivity index (χ4n) is 2.95. The minimum atomic E-state index is -1.41. The molecule has 0 aliphatic heterocycles. The first-order valence-electron chi connectivity index (χ1n) is 7.32. The van der Waals surface area contributed by atoms with Crippen LogP contribution in [0.2, 0.25) is 21.1 Å². The molecule has 0 fully saturated rings. The van der Waals surface area contributed by atoms with Crippen molar-refractivity contribution in [2.75, 3.05) is 0 Å². The largest absolute Gasteiger partial charge is 0.506 e. The van der Waals surface area contributed by atoms with Gasteiger partial charge in [0.25, 0.3) is 0 Å². The molecular formula is C16H20Cl2CuN2OSi. The first-order valence-corrected chi connectivity index (χ1v) is 9.98. The van der Waals surface area contributed by atoms with Crippen LogP contribution >= 0.6 is 23.2 Å². The number of halogens is 2. The first kappa shape index (κ1) is 20.5. The summed E-state index contributed by atoms with van der Waals surface area (Å²) in [5, 5.41) is 11.6. The monoisotopic (exact) mass is 417 g/mol. The number of aromatic hydroxyl groups is 1. The van der Waals surface area contributed by atoms with Crippen molar-refractivity contribution in [3.63, 3.8) is 0 Å². The van der Waals surface area contributed by atoms with Gasteiger partial charge in [0.1, 0.15) is 5.75 Å². The molecule has 0 aliphatic rings. The average molecular weight is 419 g/mol. The first-order chi connectivity index (χ1) is 10.3. The Morgan fingerprint density at radius 1 is 1.00 bits per heavy atom. The van der Waals surface area contributed by atoms with E-state index >= 15 is 0 Å². The molecule has 0 amide bonds. The fourth-order valence-corrected chi connectivity index (χ4v) is 7.57. The SMILES string of the molecule is CC(C)[SiH](c1c(-c2ccc(O)cn2)ncc(Cl)c1Cl)C(C)C.[Cu]. The predicted molar refractivity (Wildman–Crippen MR) is 96.1 cm³/mol. The molecule has 0 aliphatic carbocycles. The van der Waals surface area contributed by atoms with Crippen molar-refractivity contribution in [3.8, 4) is 17.1 Å². The minimum absolute atomic E-state index is 0. The zero-order valence-electron chi connectivity index (χ0n) is 13.4. The van der Waals surface area contributed by atoms with Gasteiger partial charge in [0.05, 0.1) is 36.4 Å². The quantitative estimate of drug-likeness (QED) is 0.748. The van der Waals surface area contributed by atoms with Crippen LogP contribution in [0.15, 0.2) is 24.5 Å². The smallest absolute Gasteiger partial charge is 0.133 e. The van der Waals surface area contributed by atoms with Crippen molar-refractivity contribution < 1.29 is 22.2 Å². The van der Waals surface area contributed by atoms with E-state index in [2.05, 4.69) is 37.7 Å². The van der Waals surface area contributed by atoms with Crippen LogP contribution in [0.4, 0.5) is 0 Å². The van der Waals surface area contributed by atoms with E-state index in [9.17, 15) is 5.11 Å². The molecule has 0 spiro atoms. The Kier molecular flexibility index (Phi) is 7.56. The second-order valence-corrected chi connectivity index (χ2v) is 11.2. The van der Waals surface area contributed by atoms with Crippen LogP contribution in [-0.4, -0.2) is 23.9 Å². The van der Waals surface area contributed by atoms with Gasteiger partial charge in [-0.3, -0.25) is 9.97 Å². The van der Waals surface area contributed by atoms with Crippen LogP contribution in [0.3, 0.4) is 0 Å². The second-order valence-electron chi connectivity index (χ2n) is 6.10. The Balaban J connectivity index is 0.00000264. The topological polar surface area (TPSA) is 46.0 Å². The maximum Gasteiger partial charge on any atom is 0.133 e. The Bertz CT molecular complexity index is 658. The summed E-state index contributed by atoms with van der Waals surface area (Å²) in [6, 6.07) is 3.37. The Morgan fingerprint density at radius 2 is 1.61 bits per heavy atom. The van der Waals surface area contributed by atoms with Crippen molar-refractivity contribution >= 4 is 37.2 Å². The Morgan fingerprint density at radius 3 is 2.09 bits per heavy atom. The van der Waals surface area contributed by atoms with E-state index in [0.29, 0.717) is 26.8 Å². The number of pyridine rings is 2. The maximum absolute atomic E-state index is 9.44. The molecule has 0 aromatic carbocycles. The van der Waals surface area contributed by atoms with E-state index in [1.165, 1.54) is 6.20 Å². The van der Waals surface area contributed by atoms with E-state index < -0.39 is 8.80 Å². The number of hydrogen-bond acceptors (Lipinski definition) is 3. The molecule has 2 rings (SSSR count). The number of hydrogen-bond donors (Lipinski definition) is 1. The van der Waals surface area contributed by atoms with Crippen molar-refractivity contribution in [2.24, 2.45) is 0 Å². The molecular weight excluding hydrogens is 399 g/mol. The van der Waals surface area contributed by atoms with E-state index in [0.717, 1.165) is 10.9 Å². The third kappa shape index (κ3) is 4.49. The molecule has 0 atom stereocenters. The maximum atomic E-state index is 9.44. The molecule has 2 aromatic rings. The predicted octanol–water partition coefficient (Wildman–Crippen LogP) is 4.41.